The lowest BCUT2D eigenvalue weighted by atomic mass is 9.77. The first kappa shape index (κ1) is 14.6. The van der Waals surface area contributed by atoms with Crippen LogP contribution in [0.5, 0.6) is 0 Å². The molecular formula is C16H28N2O. The van der Waals surface area contributed by atoms with Gasteiger partial charge in [0.15, 0.2) is 0 Å². The van der Waals surface area contributed by atoms with Crippen molar-refractivity contribution in [2.45, 2.75) is 64.5 Å². The van der Waals surface area contributed by atoms with Gasteiger partial charge in [-0.3, -0.25) is 4.79 Å². The lowest BCUT2D eigenvalue weighted by Gasteiger charge is -2.41. The highest BCUT2D eigenvalue weighted by Crippen LogP contribution is 2.32. The first-order valence-electron chi connectivity index (χ1n) is 7.81. The third kappa shape index (κ3) is 3.59. The Morgan fingerprint density at radius 3 is 2.68 bits per heavy atom. The van der Waals surface area contributed by atoms with Gasteiger partial charge in [-0.15, -0.1) is 0 Å². The summed E-state index contributed by atoms with van der Waals surface area (Å²) in [7, 11) is 0. The van der Waals surface area contributed by atoms with Crippen LogP contribution in [0.25, 0.3) is 0 Å². The van der Waals surface area contributed by atoms with Crippen LogP contribution in [0.15, 0.2) is 12.2 Å². The molecule has 0 aromatic rings. The molecule has 0 radical (unpaired) electrons. The summed E-state index contributed by atoms with van der Waals surface area (Å²) in [5.41, 5.74) is 1.06. The summed E-state index contributed by atoms with van der Waals surface area (Å²) < 4.78 is 0. The Hall–Kier alpha value is -0.830. The molecule has 0 aromatic heterocycles. The summed E-state index contributed by atoms with van der Waals surface area (Å²) in [5, 5.41) is 3.62. The summed E-state index contributed by atoms with van der Waals surface area (Å²) in [5.74, 6) is 1.09. The van der Waals surface area contributed by atoms with Gasteiger partial charge in [0.2, 0.25) is 5.91 Å². The number of amides is 1. The summed E-state index contributed by atoms with van der Waals surface area (Å²) in [4.78, 5) is 14.5. The number of carbonyl (C=O) groups is 1. The minimum atomic E-state index is 0.0404. The largest absolute Gasteiger partial charge is 0.338 e. The van der Waals surface area contributed by atoms with Crippen molar-refractivity contribution >= 4 is 5.91 Å². The highest BCUT2D eigenvalue weighted by molar-refractivity contribution is 5.82. The predicted molar refractivity (Wildman–Crippen MR) is 79.0 cm³/mol. The number of carbonyl (C=O) groups excluding carboxylic acids is 1. The average molecular weight is 264 g/mol. The van der Waals surface area contributed by atoms with Crippen molar-refractivity contribution in [1.29, 1.82) is 0 Å². The highest BCUT2D eigenvalue weighted by Gasteiger charge is 2.35. The van der Waals surface area contributed by atoms with E-state index in [9.17, 15) is 4.79 Å². The fourth-order valence-electron chi connectivity index (χ4n) is 3.58. The van der Waals surface area contributed by atoms with Crippen LogP contribution in [-0.2, 0) is 4.79 Å². The lowest BCUT2D eigenvalue weighted by molar-refractivity contribution is -0.134. The second-order valence-electron chi connectivity index (χ2n) is 6.26. The van der Waals surface area contributed by atoms with Gasteiger partial charge in [-0.2, -0.15) is 0 Å². The molecule has 3 atom stereocenters. The second-order valence-corrected chi connectivity index (χ2v) is 6.26. The Balaban J connectivity index is 1.93. The lowest BCUT2D eigenvalue weighted by Crippen LogP contribution is -2.55. The number of fused-ring (bicyclic) bond motifs is 1. The predicted octanol–water partition coefficient (Wildman–Crippen LogP) is 2.72. The minimum Gasteiger partial charge on any atom is -0.338 e. The average Bonchev–Trinajstić information content (AvgIpc) is 2.43. The molecule has 1 heterocycles. The maximum absolute atomic E-state index is 12.6. The van der Waals surface area contributed by atoms with Crippen LogP contribution >= 0.6 is 0 Å². The van der Waals surface area contributed by atoms with E-state index in [2.05, 4.69) is 11.9 Å². The van der Waals surface area contributed by atoms with Crippen molar-refractivity contribution < 1.29 is 4.79 Å². The minimum absolute atomic E-state index is 0.0404. The van der Waals surface area contributed by atoms with Gasteiger partial charge in [0, 0.05) is 19.1 Å². The van der Waals surface area contributed by atoms with Gasteiger partial charge in [0.05, 0.1) is 6.04 Å². The first-order chi connectivity index (χ1) is 9.11. The number of nitrogens with one attached hydrogen (secondary N) is 1. The smallest absolute Gasteiger partial charge is 0.239 e. The molecule has 108 valence electrons. The molecule has 2 rings (SSSR count). The molecular weight excluding hydrogens is 236 g/mol. The normalized spacial score (nSPS) is 30.5. The van der Waals surface area contributed by atoms with E-state index in [0.717, 1.165) is 24.5 Å². The number of piperidine rings is 1. The number of likely N-dealkylation sites (N-methyl/N-ethyl adjacent to an activating group) is 1. The molecule has 2 fully saturated rings. The number of hydrogen-bond donors (Lipinski definition) is 1. The van der Waals surface area contributed by atoms with Crippen LogP contribution in [0.1, 0.15) is 52.4 Å². The molecule has 2 aliphatic rings. The Bertz CT molecular complexity index is 340. The van der Waals surface area contributed by atoms with E-state index in [0.29, 0.717) is 12.6 Å². The molecule has 0 spiro atoms. The SMILES string of the molecule is C=C(C)CN(CC)C(=O)C1CCC2CCCCC2N1. The highest BCUT2D eigenvalue weighted by atomic mass is 16.2. The van der Waals surface area contributed by atoms with E-state index in [-0.39, 0.29) is 11.9 Å². The zero-order chi connectivity index (χ0) is 13.8. The Kier molecular flexibility index (Phi) is 5.03. The first-order valence-corrected chi connectivity index (χ1v) is 7.81. The number of rotatable bonds is 4. The van der Waals surface area contributed by atoms with E-state index in [1.165, 1.54) is 32.1 Å². The number of nitrogens with zero attached hydrogens (tertiary/aromatic N) is 1. The van der Waals surface area contributed by atoms with Gasteiger partial charge in [0.25, 0.3) is 0 Å². The fourth-order valence-corrected chi connectivity index (χ4v) is 3.58. The van der Waals surface area contributed by atoms with Crippen molar-refractivity contribution in [3.8, 4) is 0 Å². The van der Waals surface area contributed by atoms with Crippen LogP contribution in [0.3, 0.4) is 0 Å². The van der Waals surface area contributed by atoms with E-state index < -0.39 is 0 Å². The zero-order valence-corrected chi connectivity index (χ0v) is 12.5. The quantitative estimate of drug-likeness (QED) is 0.792. The topological polar surface area (TPSA) is 32.3 Å². The Labute approximate surface area is 117 Å². The Morgan fingerprint density at radius 2 is 2.00 bits per heavy atom. The summed E-state index contributed by atoms with van der Waals surface area (Å²) >= 11 is 0. The zero-order valence-electron chi connectivity index (χ0n) is 12.5. The van der Waals surface area contributed by atoms with Gasteiger partial charge in [-0.25, -0.2) is 0 Å². The molecule has 3 nitrogen and oxygen atoms in total. The molecule has 1 N–H and O–H groups in total. The Morgan fingerprint density at radius 1 is 1.26 bits per heavy atom. The van der Waals surface area contributed by atoms with Crippen LogP contribution in [0, 0.1) is 5.92 Å². The van der Waals surface area contributed by atoms with E-state index in [4.69, 9.17) is 0 Å². The second kappa shape index (κ2) is 6.56. The molecule has 3 heteroatoms. The number of hydrogen-bond acceptors (Lipinski definition) is 2. The van der Waals surface area contributed by atoms with Gasteiger partial charge in [-0.1, -0.05) is 25.0 Å². The molecule has 1 amide bonds. The van der Waals surface area contributed by atoms with Crippen LogP contribution in [-0.4, -0.2) is 36.0 Å². The standard InChI is InChI=1S/C16H28N2O/c1-4-18(11-12(2)3)16(19)15-10-9-13-7-5-6-8-14(13)17-15/h13-15,17H,2,4-11H2,1,3H3. The van der Waals surface area contributed by atoms with Gasteiger partial charge in [-0.05, 0) is 45.4 Å². The maximum atomic E-state index is 12.6. The molecule has 3 unspecified atom stereocenters. The third-order valence-corrected chi connectivity index (χ3v) is 4.60. The van der Waals surface area contributed by atoms with Gasteiger partial charge < -0.3 is 10.2 Å². The van der Waals surface area contributed by atoms with E-state index >= 15 is 0 Å². The summed E-state index contributed by atoms with van der Waals surface area (Å²) in [6.45, 7) is 9.43. The van der Waals surface area contributed by atoms with Crippen molar-refractivity contribution in [2.75, 3.05) is 13.1 Å². The van der Waals surface area contributed by atoms with Crippen molar-refractivity contribution in [3.63, 3.8) is 0 Å². The third-order valence-electron chi connectivity index (χ3n) is 4.60. The fraction of sp³-hybridized carbons (Fsp3) is 0.812. The monoisotopic (exact) mass is 264 g/mol. The summed E-state index contributed by atoms with van der Waals surface area (Å²) in [6, 6.07) is 0.624. The molecule has 1 aliphatic heterocycles. The van der Waals surface area contributed by atoms with Crippen LogP contribution in [0.2, 0.25) is 0 Å². The van der Waals surface area contributed by atoms with E-state index in [1.54, 1.807) is 0 Å². The molecule has 19 heavy (non-hydrogen) atoms. The maximum Gasteiger partial charge on any atom is 0.239 e. The molecule has 1 saturated heterocycles. The summed E-state index contributed by atoms with van der Waals surface area (Å²) in [6.07, 6.45) is 7.52. The van der Waals surface area contributed by atoms with Crippen LogP contribution in [0.4, 0.5) is 0 Å². The van der Waals surface area contributed by atoms with Crippen molar-refractivity contribution in [3.05, 3.63) is 12.2 Å². The molecule has 1 aliphatic carbocycles. The van der Waals surface area contributed by atoms with E-state index in [1.807, 2.05) is 18.7 Å². The molecule has 0 aromatic carbocycles. The van der Waals surface area contributed by atoms with Crippen LogP contribution < -0.4 is 5.32 Å². The molecule has 0 bridgehead atoms. The molecule has 1 saturated carbocycles. The van der Waals surface area contributed by atoms with Gasteiger partial charge >= 0.3 is 0 Å². The van der Waals surface area contributed by atoms with Crippen molar-refractivity contribution in [1.82, 2.24) is 10.2 Å². The van der Waals surface area contributed by atoms with Crippen molar-refractivity contribution in [2.24, 2.45) is 5.92 Å². The van der Waals surface area contributed by atoms with Gasteiger partial charge in [0.1, 0.15) is 0 Å².